The maximum atomic E-state index is 13.0. The summed E-state index contributed by atoms with van der Waals surface area (Å²) < 4.78 is 13.6. The highest BCUT2D eigenvalue weighted by Crippen LogP contribution is 2.07. The van der Waals surface area contributed by atoms with Crippen LogP contribution in [0, 0.1) is 11.5 Å². The van der Waals surface area contributed by atoms with Crippen molar-refractivity contribution in [3.8, 4) is 6.26 Å². The third kappa shape index (κ3) is 34.1. The number of nitriles is 1. The molecule has 0 saturated carbocycles. The highest BCUT2D eigenvalue weighted by molar-refractivity contribution is 5.95. The summed E-state index contributed by atoms with van der Waals surface area (Å²) in [5.74, 6) is -0.321. The lowest BCUT2D eigenvalue weighted by molar-refractivity contribution is -0.133. The van der Waals surface area contributed by atoms with E-state index in [1.807, 2.05) is 0 Å². The van der Waals surface area contributed by atoms with Crippen molar-refractivity contribution in [2.45, 2.75) is 187 Å². The van der Waals surface area contributed by atoms with Crippen molar-refractivity contribution in [2.24, 2.45) is 20.0 Å². The van der Waals surface area contributed by atoms with Crippen LogP contribution in [-0.4, -0.2) is 114 Å². The van der Waals surface area contributed by atoms with Gasteiger partial charge in [0.15, 0.2) is 0 Å². The molecule has 1 aromatic rings. The average Bonchev–Trinajstić information content (AvgIpc) is 3.34. The van der Waals surface area contributed by atoms with Crippen molar-refractivity contribution in [2.75, 3.05) is 59.1 Å². The fourth-order valence-corrected chi connectivity index (χ4v) is 7.07. The highest BCUT2D eigenvalue weighted by Gasteiger charge is 2.21. The number of amides is 3. The molecule has 386 valence electrons. The number of rotatable bonds is 43. The third-order valence-electron chi connectivity index (χ3n) is 10.9. The first-order valence-corrected chi connectivity index (χ1v) is 25.0. The SMILES string of the molecule is CCCCCCCOCC(=O)N(CCCCCCN=C=O)C(=O)NCCCCCCN=C=O.N#COCCCCCCn1c(=O)n(CCCCCCN=C=O)c(=O)n(CCCCCCN=C=O)c1=O. The van der Waals surface area contributed by atoms with E-state index in [1.54, 1.807) is 6.26 Å². The molecular weight excluding hydrogens is 893 g/mol. The number of unbranched alkanes of at least 4 members (excludes halogenated alkanes) is 19. The Morgan fingerprint density at radius 2 is 0.899 bits per heavy atom. The summed E-state index contributed by atoms with van der Waals surface area (Å²) in [6.07, 6.45) is 28.5. The normalized spacial score (nSPS) is 10.3. The molecule has 1 N–H and O–H groups in total. The topological polar surface area (TPSA) is 275 Å². The van der Waals surface area contributed by atoms with Crippen molar-refractivity contribution in [3.63, 3.8) is 0 Å². The number of hydrogen-bond acceptors (Lipinski definition) is 16. The van der Waals surface area contributed by atoms with Gasteiger partial charge in [-0.1, -0.05) is 90.4 Å². The molecule has 1 heterocycles. The minimum absolute atomic E-state index is 0.0908. The number of carbonyl (C=O) groups excluding carboxylic acids is 6. The van der Waals surface area contributed by atoms with Crippen LogP contribution in [0.2, 0.25) is 0 Å². The van der Waals surface area contributed by atoms with Crippen molar-refractivity contribution >= 4 is 36.3 Å². The number of aliphatic imine (C=N–C) groups is 4. The zero-order valence-electron chi connectivity index (χ0n) is 41.2. The minimum Gasteiger partial charge on any atom is -0.428 e. The molecule has 0 aromatic carbocycles. The monoisotopic (exact) mass is 971 g/mol. The van der Waals surface area contributed by atoms with E-state index in [-0.39, 0.29) is 38.2 Å². The maximum Gasteiger partial charge on any atom is 0.336 e. The van der Waals surface area contributed by atoms with Gasteiger partial charge in [0.2, 0.25) is 24.3 Å². The molecule has 0 atom stereocenters. The molecular formula is C48H78N10O11. The summed E-state index contributed by atoms with van der Waals surface area (Å²) in [6.45, 7) is 6.17. The number of hydrogen-bond donors (Lipinski definition) is 1. The molecule has 0 saturated heterocycles. The second-order valence-electron chi connectivity index (χ2n) is 16.4. The van der Waals surface area contributed by atoms with Gasteiger partial charge in [0, 0.05) is 39.3 Å². The molecule has 21 nitrogen and oxygen atoms in total. The van der Waals surface area contributed by atoms with Gasteiger partial charge >= 0.3 is 23.1 Å². The largest absolute Gasteiger partial charge is 0.428 e. The average molecular weight is 971 g/mol. The Labute approximate surface area is 406 Å². The first kappa shape index (κ1) is 63.1. The molecule has 0 aliphatic heterocycles. The zero-order valence-corrected chi connectivity index (χ0v) is 41.2. The van der Waals surface area contributed by atoms with Crippen molar-refractivity contribution in [1.29, 1.82) is 5.26 Å². The van der Waals surface area contributed by atoms with Crippen molar-refractivity contribution in [1.82, 2.24) is 23.9 Å². The molecule has 69 heavy (non-hydrogen) atoms. The predicted molar refractivity (Wildman–Crippen MR) is 260 cm³/mol. The standard InChI is InChI=1S/C24H36N6O6.C24H42N4O5/c25-19-36-18-12-6-5-11-17-30-23(34)28(15-9-3-1-7-13-26-20-31)22(33)29(24(30)35)16-10-4-2-8-14-27-21-32;1-2-3-4-9-14-19-33-20-23(31)28(18-13-8-7-11-16-26-22-30)24(32)27-17-12-6-5-10-15-25-21-29/h1-18H2;2-20H2,1H3,(H,27,32). The Morgan fingerprint density at radius 1 is 0.522 bits per heavy atom. The van der Waals surface area contributed by atoms with E-state index >= 15 is 0 Å². The molecule has 0 fully saturated rings. The first-order valence-electron chi connectivity index (χ1n) is 25.0. The lowest BCUT2D eigenvalue weighted by Crippen LogP contribution is -2.54. The number of aromatic nitrogens is 3. The molecule has 0 unspecified atom stereocenters. The summed E-state index contributed by atoms with van der Waals surface area (Å²) in [6, 6.07) is -0.386. The summed E-state index contributed by atoms with van der Waals surface area (Å²) >= 11 is 0. The molecule has 0 spiro atoms. The van der Waals surface area contributed by atoms with Crippen LogP contribution in [0.5, 0.6) is 0 Å². The molecule has 0 radical (unpaired) electrons. The smallest absolute Gasteiger partial charge is 0.336 e. The molecule has 0 aliphatic carbocycles. The van der Waals surface area contributed by atoms with Crippen LogP contribution in [-0.2, 0) is 53.1 Å². The van der Waals surface area contributed by atoms with Gasteiger partial charge in [-0.3, -0.25) is 9.69 Å². The predicted octanol–water partition coefficient (Wildman–Crippen LogP) is 6.33. The van der Waals surface area contributed by atoms with Crippen molar-refractivity contribution in [3.05, 3.63) is 31.5 Å². The van der Waals surface area contributed by atoms with Gasteiger partial charge in [-0.2, -0.15) is 5.26 Å². The number of nitrogens with one attached hydrogen (secondary N) is 1. The molecule has 1 aromatic heterocycles. The fraction of sp³-hybridized carbons (Fsp3) is 0.792. The van der Waals surface area contributed by atoms with E-state index < -0.39 is 17.1 Å². The second-order valence-corrected chi connectivity index (χ2v) is 16.4. The van der Waals surface area contributed by atoms with Crippen LogP contribution in [0.1, 0.15) is 167 Å². The second kappa shape index (κ2) is 47.2. The van der Waals surface area contributed by atoms with Crippen LogP contribution < -0.4 is 22.4 Å². The first-order chi connectivity index (χ1) is 33.7. The van der Waals surface area contributed by atoms with E-state index in [9.17, 15) is 43.2 Å². The van der Waals surface area contributed by atoms with Gasteiger partial charge in [-0.15, -0.1) is 0 Å². The molecule has 0 bridgehead atoms. The van der Waals surface area contributed by atoms with E-state index in [0.29, 0.717) is 84.6 Å². The van der Waals surface area contributed by atoms with E-state index in [0.717, 1.165) is 123 Å². The lowest BCUT2D eigenvalue weighted by atomic mass is 10.2. The number of carbonyl (C=O) groups is 2. The minimum atomic E-state index is -0.592. The quantitative estimate of drug-likeness (QED) is 0.0326. The summed E-state index contributed by atoms with van der Waals surface area (Å²) in [4.78, 5) is 120. The summed E-state index contributed by atoms with van der Waals surface area (Å²) in [5, 5.41) is 11.2. The Balaban J connectivity index is 0.00000135. The molecule has 1 rings (SSSR count). The number of isocyanates is 4. The van der Waals surface area contributed by atoms with Gasteiger partial charge < -0.3 is 14.8 Å². The molecule has 0 aliphatic rings. The summed E-state index contributed by atoms with van der Waals surface area (Å²) in [5.41, 5.74) is -1.77. The maximum absolute atomic E-state index is 13.0. The number of imide groups is 1. The van der Waals surface area contributed by atoms with Gasteiger partial charge in [0.25, 0.3) is 12.2 Å². The number of nitrogens with zero attached hydrogens (tertiary/aromatic N) is 9. The fourth-order valence-electron chi connectivity index (χ4n) is 7.07. The van der Waals surface area contributed by atoms with Crippen LogP contribution in [0.15, 0.2) is 34.4 Å². The number of urea groups is 1. The molecule has 21 heteroatoms. The van der Waals surface area contributed by atoms with Gasteiger partial charge in [-0.05, 0) is 77.0 Å². The van der Waals surface area contributed by atoms with Crippen LogP contribution in [0.4, 0.5) is 4.79 Å². The van der Waals surface area contributed by atoms with E-state index in [4.69, 9.17) is 10.00 Å². The lowest BCUT2D eigenvalue weighted by Gasteiger charge is -2.21. The summed E-state index contributed by atoms with van der Waals surface area (Å²) in [7, 11) is 0. The van der Waals surface area contributed by atoms with Crippen LogP contribution >= 0.6 is 0 Å². The van der Waals surface area contributed by atoms with E-state index in [1.165, 1.54) is 48.5 Å². The zero-order chi connectivity index (χ0) is 50.8. The molecule has 3 amide bonds. The number of ether oxygens (including phenoxy) is 2. The highest BCUT2D eigenvalue weighted by atomic mass is 16.5. The Bertz CT molecular complexity index is 1880. The van der Waals surface area contributed by atoms with Crippen LogP contribution in [0.3, 0.4) is 0 Å². The van der Waals surface area contributed by atoms with Crippen molar-refractivity contribution < 1.29 is 38.2 Å². The van der Waals surface area contributed by atoms with Gasteiger partial charge in [0.05, 0.1) is 26.2 Å². The van der Waals surface area contributed by atoms with E-state index in [2.05, 4.69) is 36.9 Å². The van der Waals surface area contributed by atoms with Gasteiger partial charge in [0.1, 0.15) is 13.2 Å². The van der Waals surface area contributed by atoms with Crippen LogP contribution in [0.25, 0.3) is 0 Å². The Morgan fingerprint density at radius 3 is 1.32 bits per heavy atom. The third-order valence-corrected chi connectivity index (χ3v) is 10.9. The Hall–Kier alpha value is -5.88. The van der Waals surface area contributed by atoms with Gasteiger partial charge in [-0.25, -0.2) is 72.0 Å². The Kier molecular flexibility index (Phi) is 43.2.